The van der Waals surface area contributed by atoms with Gasteiger partial charge in [0.2, 0.25) is 0 Å². The van der Waals surface area contributed by atoms with Crippen molar-refractivity contribution in [2.45, 2.75) is 30.3 Å². The molecule has 0 bridgehead atoms. The maximum absolute atomic E-state index is 12.2. The van der Waals surface area contributed by atoms with Gasteiger partial charge in [0.25, 0.3) is 5.91 Å². The van der Waals surface area contributed by atoms with Gasteiger partial charge in [0, 0.05) is 23.8 Å². The first-order chi connectivity index (χ1) is 11.7. The van der Waals surface area contributed by atoms with Crippen LogP contribution in [0.15, 0.2) is 29.2 Å². The summed E-state index contributed by atoms with van der Waals surface area (Å²) in [7, 11) is 0. The fourth-order valence-corrected chi connectivity index (χ4v) is 3.35. The lowest BCUT2D eigenvalue weighted by molar-refractivity contribution is -0.124. The van der Waals surface area contributed by atoms with Gasteiger partial charge in [-0.25, -0.2) is 4.79 Å². The molecule has 1 aliphatic heterocycles. The lowest BCUT2D eigenvalue weighted by Crippen LogP contribution is -2.29. The Morgan fingerprint density at radius 2 is 2.25 bits per heavy atom. The van der Waals surface area contributed by atoms with Crippen LogP contribution < -0.4 is 5.32 Å². The van der Waals surface area contributed by atoms with Crippen LogP contribution in [0.1, 0.15) is 29.6 Å². The number of nitrogens with zero attached hydrogens (tertiary/aromatic N) is 1. The van der Waals surface area contributed by atoms with Crippen molar-refractivity contribution in [3.63, 3.8) is 0 Å². The number of nitriles is 1. The Labute approximate surface area is 145 Å². The third-order valence-electron chi connectivity index (χ3n) is 3.45. The zero-order chi connectivity index (χ0) is 17.2. The van der Waals surface area contributed by atoms with Crippen molar-refractivity contribution in [2.75, 3.05) is 25.5 Å². The Kier molecular flexibility index (Phi) is 7.59. The summed E-state index contributed by atoms with van der Waals surface area (Å²) in [6.45, 7) is 0.700. The Hall–Kier alpha value is -2.04. The van der Waals surface area contributed by atoms with E-state index in [1.54, 1.807) is 23.9 Å². The number of amides is 1. The van der Waals surface area contributed by atoms with Crippen molar-refractivity contribution in [3.05, 3.63) is 29.8 Å². The van der Waals surface area contributed by atoms with Gasteiger partial charge in [-0.3, -0.25) is 4.79 Å². The first kappa shape index (κ1) is 18.3. The van der Waals surface area contributed by atoms with Crippen molar-refractivity contribution >= 4 is 23.6 Å². The van der Waals surface area contributed by atoms with Crippen molar-refractivity contribution in [2.24, 2.45) is 0 Å². The fourth-order valence-electron chi connectivity index (χ4n) is 2.24. The van der Waals surface area contributed by atoms with Crippen LogP contribution in [0.4, 0.5) is 0 Å². The summed E-state index contributed by atoms with van der Waals surface area (Å²) in [5.74, 6) is -0.150. The Morgan fingerprint density at radius 3 is 3.00 bits per heavy atom. The molecule has 1 atom stereocenters. The van der Waals surface area contributed by atoms with E-state index in [0.29, 0.717) is 5.56 Å². The van der Waals surface area contributed by atoms with Gasteiger partial charge in [0.15, 0.2) is 6.61 Å². The van der Waals surface area contributed by atoms with Crippen LogP contribution in [-0.4, -0.2) is 43.5 Å². The van der Waals surface area contributed by atoms with E-state index in [2.05, 4.69) is 5.32 Å². The fraction of sp³-hybridized carbons (Fsp3) is 0.471. The molecule has 1 heterocycles. The molecule has 0 unspecified atom stereocenters. The molecule has 128 valence electrons. The predicted molar refractivity (Wildman–Crippen MR) is 89.7 cm³/mol. The molecule has 6 nitrogen and oxygen atoms in total. The van der Waals surface area contributed by atoms with E-state index in [0.717, 1.165) is 30.1 Å². The first-order valence-corrected chi connectivity index (χ1v) is 8.83. The van der Waals surface area contributed by atoms with Crippen LogP contribution in [-0.2, 0) is 14.3 Å². The van der Waals surface area contributed by atoms with Crippen LogP contribution in [0.25, 0.3) is 0 Å². The van der Waals surface area contributed by atoms with Gasteiger partial charge in [-0.2, -0.15) is 5.26 Å². The minimum Gasteiger partial charge on any atom is -0.452 e. The van der Waals surface area contributed by atoms with Crippen LogP contribution in [0, 0.1) is 11.3 Å². The lowest BCUT2D eigenvalue weighted by atomic mass is 10.2. The number of carbonyl (C=O) groups is 2. The topological polar surface area (TPSA) is 88.4 Å². The molecule has 1 fully saturated rings. The van der Waals surface area contributed by atoms with Crippen LogP contribution in [0.2, 0.25) is 0 Å². The molecule has 24 heavy (non-hydrogen) atoms. The molecule has 7 heteroatoms. The maximum atomic E-state index is 12.2. The highest BCUT2D eigenvalue weighted by molar-refractivity contribution is 7.99. The average Bonchev–Trinajstić information content (AvgIpc) is 3.12. The highest BCUT2D eigenvalue weighted by Gasteiger charge is 2.18. The molecule has 1 amide bonds. The third kappa shape index (κ3) is 5.87. The smallest absolute Gasteiger partial charge is 0.339 e. The normalized spacial score (nSPS) is 16.4. The Bertz CT molecular complexity index is 609. The van der Waals surface area contributed by atoms with Crippen molar-refractivity contribution in [1.82, 2.24) is 5.32 Å². The summed E-state index contributed by atoms with van der Waals surface area (Å²) in [6.07, 6.45) is 2.57. The summed E-state index contributed by atoms with van der Waals surface area (Å²) in [6, 6.07) is 9.10. The van der Waals surface area contributed by atoms with E-state index in [9.17, 15) is 9.59 Å². The molecule has 1 aliphatic rings. The van der Waals surface area contributed by atoms with Crippen LogP contribution in [0.3, 0.4) is 0 Å². The number of hydrogen-bond donors (Lipinski definition) is 1. The molecule has 0 aromatic heterocycles. The zero-order valence-corrected chi connectivity index (χ0v) is 14.1. The molecule has 1 aromatic rings. The van der Waals surface area contributed by atoms with E-state index >= 15 is 0 Å². The van der Waals surface area contributed by atoms with Crippen molar-refractivity contribution in [3.8, 4) is 6.07 Å². The van der Waals surface area contributed by atoms with Crippen LogP contribution in [0.5, 0.6) is 0 Å². The average molecular weight is 348 g/mol. The van der Waals surface area contributed by atoms with E-state index in [4.69, 9.17) is 14.7 Å². The van der Waals surface area contributed by atoms with Gasteiger partial charge in [-0.1, -0.05) is 12.1 Å². The minimum atomic E-state index is -0.527. The number of esters is 1. The molecule has 1 saturated heterocycles. The van der Waals surface area contributed by atoms with Gasteiger partial charge < -0.3 is 14.8 Å². The van der Waals surface area contributed by atoms with Gasteiger partial charge >= 0.3 is 5.97 Å². The van der Waals surface area contributed by atoms with Gasteiger partial charge in [0.05, 0.1) is 24.2 Å². The highest BCUT2D eigenvalue weighted by atomic mass is 32.2. The number of ether oxygens (including phenoxy) is 2. The van der Waals surface area contributed by atoms with E-state index in [1.807, 2.05) is 18.2 Å². The van der Waals surface area contributed by atoms with E-state index in [-0.39, 0.29) is 25.7 Å². The summed E-state index contributed by atoms with van der Waals surface area (Å²) in [5, 5.41) is 10.9. The van der Waals surface area contributed by atoms with E-state index < -0.39 is 11.9 Å². The number of thioether (sulfide) groups is 1. The highest BCUT2D eigenvalue weighted by Crippen LogP contribution is 2.27. The second-order valence-corrected chi connectivity index (χ2v) is 6.34. The lowest BCUT2D eigenvalue weighted by Gasteiger charge is -2.12. The molecule has 0 radical (unpaired) electrons. The molecule has 2 rings (SSSR count). The number of rotatable bonds is 8. The molecular formula is C17H20N2O4S. The summed E-state index contributed by atoms with van der Waals surface area (Å²) < 4.78 is 10.6. The molecule has 0 saturated carbocycles. The summed E-state index contributed by atoms with van der Waals surface area (Å²) in [4.78, 5) is 24.5. The maximum Gasteiger partial charge on any atom is 0.339 e. The van der Waals surface area contributed by atoms with Crippen LogP contribution >= 0.6 is 11.8 Å². The second kappa shape index (κ2) is 9.96. The Morgan fingerprint density at radius 1 is 1.42 bits per heavy atom. The Balaban J connectivity index is 1.84. The second-order valence-electron chi connectivity index (χ2n) is 5.28. The van der Waals surface area contributed by atoms with E-state index in [1.165, 1.54) is 0 Å². The van der Waals surface area contributed by atoms with Gasteiger partial charge in [-0.15, -0.1) is 11.8 Å². The third-order valence-corrected chi connectivity index (χ3v) is 4.65. The van der Waals surface area contributed by atoms with Gasteiger partial charge in [-0.05, 0) is 25.0 Å². The molecule has 0 spiro atoms. The molecule has 1 N–H and O–H groups in total. The number of carbonyl (C=O) groups excluding carboxylic acids is 2. The summed E-state index contributed by atoms with van der Waals surface area (Å²) >= 11 is 1.56. The number of benzene rings is 1. The SMILES string of the molecule is N#CCCNC(=O)COC(=O)c1ccccc1SC[C@@H]1CCCO1. The molecule has 0 aliphatic carbocycles. The number of hydrogen-bond acceptors (Lipinski definition) is 6. The van der Waals surface area contributed by atoms with Gasteiger partial charge in [0.1, 0.15) is 0 Å². The minimum absolute atomic E-state index is 0.225. The predicted octanol–water partition coefficient (Wildman–Crippen LogP) is 2.14. The van der Waals surface area contributed by atoms with Crippen molar-refractivity contribution in [1.29, 1.82) is 5.26 Å². The van der Waals surface area contributed by atoms with Crippen molar-refractivity contribution < 1.29 is 19.1 Å². The zero-order valence-electron chi connectivity index (χ0n) is 13.3. The summed E-state index contributed by atoms with van der Waals surface area (Å²) in [5.41, 5.74) is 0.449. The monoisotopic (exact) mass is 348 g/mol. The number of nitrogens with one attached hydrogen (secondary N) is 1. The molecular weight excluding hydrogens is 328 g/mol. The quantitative estimate of drug-likeness (QED) is 0.440. The molecule has 1 aromatic carbocycles. The standard InChI is InChI=1S/C17H20N2O4S/c18-8-4-9-19-16(20)11-23-17(21)14-6-1-2-7-15(14)24-12-13-5-3-10-22-13/h1-2,6-7,13H,3-5,9-12H2,(H,19,20)/t13-/m0/s1. The largest absolute Gasteiger partial charge is 0.452 e. The first-order valence-electron chi connectivity index (χ1n) is 7.85.